The zero-order chi connectivity index (χ0) is 32.9. The monoisotopic (exact) mass is 596 g/mol. The van der Waals surface area contributed by atoms with Gasteiger partial charge in [0.05, 0.1) is 23.9 Å². The van der Waals surface area contributed by atoms with Gasteiger partial charge in [0.15, 0.2) is 0 Å². The van der Waals surface area contributed by atoms with Crippen molar-refractivity contribution < 1.29 is 38.6 Å². The Labute approximate surface area is 249 Å². The number of rotatable bonds is 17. The molecule has 0 bridgehead atoms. The lowest BCUT2D eigenvalue weighted by Crippen LogP contribution is -2.35. The Hall–Kier alpha value is -3.36. The first-order chi connectivity index (χ1) is 18.9. The summed E-state index contributed by atoms with van der Waals surface area (Å²) in [5.41, 5.74) is -5.46. The van der Waals surface area contributed by atoms with Gasteiger partial charge in [-0.05, 0) is 95.9 Å². The van der Waals surface area contributed by atoms with Crippen LogP contribution in [-0.2, 0) is 38.6 Å². The highest BCUT2D eigenvalue weighted by Crippen LogP contribution is 2.29. The third kappa shape index (κ3) is 18.9. The van der Waals surface area contributed by atoms with Gasteiger partial charge < -0.3 is 9.47 Å². The molecular weight excluding hydrogens is 548 g/mol. The van der Waals surface area contributed by atoms with Gasteiger partial charge in [0.2, 0.25) is 11.4 Å². The summed E-state index contributed by atoms with van der Waals surface area (Å²) in [6.07, 6.45) is 3.60. The fourth-order valence-electron chi connectivity index (χ4n) is 3.04. The van der Waals surface area contributed by atoms with Crippen molar-refractivity contribution >= 4 is 11.9 Å². The first-order valence-electron chi connectivity index (χ1n) is 13.7. The maximum atomic E-state index is 12.7. The lowest BCUT2D eigenvalue weighted by Gasteiger charge is -2.31. The topological polar surface area (TPSA) is 187 Å². The van der Waals surface area contributed by atoms with Crippen LogP contribution in [0.3, 0.4) is 0 Å². The fourth-order valence-corrected chi connectivity index (χ4v) is 3.04. The molecule has 0 N–H and O–H groups in total. The van der Waals surface area contributed by atoms with Gasteiger partial charge in [0.1, 0.15) is 11.2 Å². The second kappa shape index (κ2) is 15.8. The third-order valence-electron chi connectivity index (χ3n) is 5.34. The maximum Gasteiger partial charge on any atom is 0.324 e. The Morgan fingerprint density at radius 1 is 0.548 bits per heavy atom. The summed E-state index contributed by atoms with van der Waals surface area (Å²) in [7, 11) is 0. The zero-order valence-electron chi connectivity index (χ0n) is 27.2. The van der Waals surface area contributed by atoms with Crippen LogP contribution in [0.5, 0.6) is 0 Å². The molecule has 0 saturated heterocycles. The molecule has 0 saturated carbocycles. The van der Waals surface area contributed by atoms with Crippen molar-refractivity contribution in [2.75, 3.05) is 0 Å². The molecule has 0 spiro atoms. The van der Waals surface area contributed by atoms with Crippen LogP contribution in [0.4, 0.5) is 0 Å². The van der Waals surface area contributed by atoms with Gasteiger partial charge in [-0.1, -0.05) is 0 Å². The average Bonchev–Trinajstić information content (AvgIpc) is 2.84. The fraction of sp³-hybridized carbons (Fsp3) is 0.857. The first-order valence-corrected chi connectivity index (χ1v) is 13.7. The minimum Gasteiger partial charge on any atom is -0.460 e. The quantitative estimate of drug-likeness (QED) is 0.0570. The second-order valence-electron chi connectivity index (χ2n) is 13.6. The summed E-state index contributed by atoms with van der Waals surface area (Å²) in [6.45, 7) is 21.2. The van der Waals surface area contributed by atoms with Gasteiger partial charge in [-0.15, -0.1) is 20.3 Å². The number of carbonyl (C=O) groups is 2. The van der Waals surface area contributed by atoms with Crippen molar-refractivity contribution in [1.29, 1.82) is 10.5 Å². The highest BCUT2D eigenvalue weighted by atomic mass is 17.2. The zero-order valence-corrected chi connectivity index (χ0v) is 27.2. The largest absolute Gasteiger partial charge is 0.460 e. The van der Waals surface area contributed by atoms with Crippen LogP contribution in [0.25, 0.3) is 0 Å². The van der Waals surface area contributed by atoms with Gasteiger partial charge in [0.25, 0.3) is 0 Å². The van der Waals surface area contributed by atoms with Crippen LogP contribution < -0.4 is 0 Å². The molecule has 0 aromatic carbocycles. The van der Waals surface area contributed by atoms with Crippen LogP contribution in [0.15, 0.2) is 20.5 Å². The summed E-state index contributed by atoms with van der Waals surface area (Å²) >= 11 is 0. The molecule has 0 heterocycles. The number of nitriles is 2. The van der Waals surface area contributed by atoms with Gasteiger partial charge in [-0.2, -0.15) is 20.5 Å². The Morgan fingerprint density at radius 3 is 1.12 bits per heavy atom. The molecule has 42 heavy (non-hydrogen) atoms. The summed E-state index contributed by atoms with van der Waals surface area (Å²) < 4.78 is 11.3. The summed E-state index contributed by atoms with van der Waals surface area (Å²) in [5, 5.41) is 33.9. The number of hydrogen-bond donors (Lipinski definition) is 0. The highest BCUT2D eigenvalue weighted by molar-refractivity contribution is 5.70. The maximum absolute atomic E-state index is 12.7. The lowest BCUT2D eigenvalue weighted by molar-refractivity contribution is -0.314. The van der Waals surface area contributed by atoms with E-state index >= 15 is 0 Å². The van der Waals surface area contributed by atoms with E-state index in [2.05, 4.69) is 30.2 Å². The first kappa shape index (κ1) is 38.6. The van der Waals surface area contributed by atoms with E-state index in [0.29, 0.717) is 12.8 Å². The van der Waals surface area contributed by atoms with E-state index in [-0.39, 0.29) is 25.7 Å². The third-order valence-corrected chi connectivity index (χ3v) is 5.34. The predicted molar refractivity (Wildman–Crippen MR) is 150 cm³/mol. The molecule has 14 nitrogen and oxygen atoms in total. The second-order valence-corrected chi connectivity index (χ2v) is 13.6. The van der Waals surface area contributed by atoms with Crippen LogP contribution in [-0.4, -0.2) is 45.7 Å². The van der Waals surface area contributed by atoms with E-state index in [1.54, 1.807) is 41.5 Å². The van der Waals surface area contributed by atoms with Crippen LogP contribution in [0.2, 0.25) is 0 Å². The number of hydrogen-bond acceptors (Lipinski definition) is 14. The van der Waals surface area contributed by atoms with Crippen molar-refractivity contribution in [3.05, 3.63) is 0 Å². The van der Waals surface area contributed by atoms with Crippen LogP contribution in [0.1, 0.15) is 122 Å². The van der Waals surface area contributed by atoms with Crippen LogP contribution in [0, 0.1) is 23.0 Å². The van der Waals surface area contributed by atoms with Gasteiger partial charge in [-0.25, -0.2) is 0 Å². The molecule has 14 heteroatoms. The molecular formula is C28H48N6O8. The van der Waals surface area contributed by atoms with E-state index in [0.717, 1.165) is 0 Å². The minimum absolute atomic E-state index is 0.0592. The molecule has 0 aliphatic carbocycles. The Bertz CT molecular complexity index is 951. The van der Waals surface area contributed by atoms with Gasteiger partial charge in [0, 0.05) is 12.8 Å². The molecule has 2 unspecified atom stereocenters. The van der Waals surface area contributed by atoms with E-state index in [9.17, 15) is 9.59 Å². The van der Waals surface area contributed by atoms with Crippen molar-refractivity contribution in [2.45, 2.75) is 155 Å². The summed E-state index contributed by atoms with van der Waals surface area (Å²) in [4.78, 5) is 44.2. The summed E-state index contributed by atoms with van der Waals surface area (Å²) in [5.74, 6) is -1.01. The normalized spacial score (nSPS) is 15.8. The SMILES string of the molecule is CC(C)(C)N=NC(C)(CCC(=O)OC(C)(C)CCC(C)(C)OC(=O)CCC(C)(N=NC(C)(C)C)OOC#N)OOC#N. The Kier molecular flexibility index (Phi) is 14.5. The molecule has 2 atom stereocenters. The van der Waals surface area contributed by atoms with E-state index in [4.69, 9.17) is 29.8 Å². The number of azo groups is 2. The van der Waals surface area contributed by atoms with Crippen molar-refractivity contribution in [2.24, 2.45) is 20.5 Å². The molecule has 0 aromatic rings. The van der Waals surface area contributed by atoms with Gasteiger partial charge in [-0.3, -0.25) is 19.4 Å². The molecule has 0 amide bonds. The van der Waals surface area contributed by atoms with Crippen molar-refractivity contribution in [3.8, 4) is 12.5 Å². The average molecular weight is 597 g/mol. The number of ether oxygens (including phenoxy) is 2. The van der Waals surface area contributed by atoms with E-state index < -0.39 is 45.7 Å². The van der Waals surface area contributed by atoms with E-state index in [1.165, 1.54) is 12.5 Å². The molecule has 0 fully saturated rings. The number of nitrogens with zero attached hydrogens (tertiary/aromatic N) is 6. The number of esters is 2. The number of carbonyl (C=O) groups excluding carboxylic acids is 2. The molecule has 0 aliphatic rings. The van der Waals surface area contributed by atoms with Crippen molar-refractivity contribution in [1.82, 2.24) is 0 Å². The molecule has 0 rings (SSSR count). The van der Waals surface area contributed by atoms with Gasteiger partial charge >= 0.3 is 24.4 Å². The molecule has 0 aromatic heterocycles. The smallest absolute Gasteiger partial charge is 0.324 e. The van der Waals surface area contributed by atoms with Crippen molar-refractivity contribution in [3.63, 3.8) is 0 Å². The van der Waals surface area contributed by atoms with E-state index in [1.807, 2.05) is 41.5 Å². The lowest BCUT2D eigenvalue weighted by atomic mass is 9.93. The highest BCUT2D eigenvalue weighted by Gasteiger charge is 2.34. The molecule has 0 radical (unpaired) electrons. The summed E-state index contributed by atoms with van der Waals surface area (Å²) in [6, 6.07) is 0. The Balaban J connectivity index is 5.05. The molecule has 0 aliphatic heterocycles. The standard InChI is InChI=1S/C28H48N6O8/c1-23(2,3)31-33-27(11,41-37-19-29)15-13-21(35)39-25(7,8)17-18-26(9,10)40-22(36)14-16-28(12,42-38-20-30)34-32-24(4,5)6/h13-18H2,1-12H3. The minimum atomic E-state index is -1.36. The Morgan fingerprint density at radius 2 is 0.857 bits per heavy atom. The predicted octanol–water partition coefficient (Wildman–Crippen LogP) is 6.76. The van der Waals surface area contributed by atoms with Crippen LogP contribution >= 0.6 is 0 Å². The molecule has 238 valence electrons.